The average Bonchev–Trinajstić information content (AvgIpc) is 2.86. The lowest BCUT2D eigenvalue weighted by molar-refractivity contribution is -0.160. The lowest BCUT2D eigenvalue weighted by atomic mass is 9.87. The molecule has 0 N–H and O–H groups in total. The van der Waals surface area contributed by atoms with Crippen LogP contribution < -0.4 is 4.74 Å². The third-order valence-corrected chi connectivity index (χ3v) is 8.38. The van der Waals surface area contributed by atoms with Gasteiger partial charge < -0.3 is 14.2 Å². The summed E-state index contributed by atoms with van der Waals surface area (Å²) in [6.07, 6.45) is 0. The molecule has 0 fully saturated rings. The standard InChI is InChI=1S/C26H33ClFNO6S/c1-15-8-9-20(28)22(16(15)2)17(3)23(25(30)35-26(4,5)6)29-10-11-34-21-13-19(27)12-18(14-33-7)24(21)36(29,31)32/h8-9,12-13,17,23H,10-11,14H2,1-7H3/t17?,23-/m0/s1. The summed E-state index contributed by atoms with van der Waals surface area (Å²) in [6.45, 7) is 10.1. The van der Waals surface area contributed by atoms with Crippen LogP contribution in [0.3, 0.4) is 0 Å². The Kier molecular flexibility index (Phi) is 8.40. The molecular weight excluding hydrogens is 509 g/mol. The first kappa shape index (κ1) is 28.4. The summed E-state index contributed by atoms with van der Waals surface area (Å²) in [4.78, 5) is 13.5. The van der Waals surface area contributed by atoms with Crippen molar-refractivity contribution < 1.29 is 31.8 Å². The van der Waals surface area contributed by atoms with E-state index in [-0.39, 0.29) is 36.0 Å². The number of ether oxygens (including phenoxy) is 3. The van der Waals surface area contributed by atoms with Crippen LogP contribution in [0, 0.1) is 19.7 Å². The normalized spacial score (nSPS) is 17.5. The SMILES string of the molecule is COCc1cc(Cl)cc2c1S(=O)(=O)N([C@H](C(=O)OC(C)(C)C)C(C)c1c(F)ccc(C)c1C)CCO2. The number of methoxy groups -OCH3 is 1. The molecule has 0 saturated carbocycles. The molecule has 10 heteroatoms. The maximum Gasteiger partial charge on any atom is 0.325 e. The fourth-order valence-corrected chi connectivity index (χ4v) is 6.68. The van der Waals surface area contributed by atoms with Crippen molar-refractivity contribution in [2.75, 3.05) is 20.3 Å². The van der Waals surface area contributed by atoms with E-state index in [4.69, 9.17) is 25.8 Å². The molecule has 1 aliphatic heterocycles. The topological polar surface area (TPSA) is 82.1 Å². The molecule has 0 saturated heterocycles. The van der Waals surface area contributed by atoms with Crippen molar-refractivity contribution >= 4 is 27.6 Å². The largest absolute Gasteiger partial charge is 0.491 e. The van der Waals surface area contributed by atoms with E-state index in [9.17, 15) is 13.2 Å². The summed E-state index contributed by atoms with van der Waals surface area (Å²) in [7, 11) is -2.90. The highest BCUT2D eigenvalue weighted by Crippen LogP contribution is 2.40. The third kappa shape index (κ3) is 5.69. The second-order valence-electron chi connectivity index (χ2n) is 9.96. The zero-order chi connectivity index (χ0) is 27.0. The van der Waals surface area contributed by atoms with Crippen LogP contribution in [0.4, 0.5) is 4.39 Å². The molecule has 2 aromatic carbocycles. The number of sulfonamides is 1. The predicted octanol–water partition coefficient (Wildman–Crippen LogP) is 5.14. The molecule has 0 bridgehead atoms. The number of fused-ring (bicyclic) bond motifs is 1. The fourth-order valence-electron chi connectivity index (χ4n) is 4.51. The van der Waals surface area contributed by atoms with Crippen molar-refractivity contribution in [1.82, 2.24) is 4.31 Å². The Hall–Kier alpha value is -2.20. The van der Waals surface area contributed by atoms with Gasteiger partial charge in [0.2, 0.25) is 10.0 Å². The molecule has 0 radical (unpaired) electrons. The number of carbonyl (C=O) groups excluding carboxylic acids is 1. The van der Waals surface area contributed by atoms with Gasteiger partial charge in [0.05, 0.1) is 6.61 Å². The summed E-state index contributed by atoms with van der Waals surface area (Å²) >= 11 is 6.21. The molecule has 2 aromatic rings. The van der Waals surface area contributed by atoms with Gasteiger partial charge in [0.25, 0.3) is 0 Å². The van der Waals surface area contributed by atoms with Crippen LogP contribution >= 0.6 is 11.6 Å². The number of rotatable bonds is 6. The van der Waals surface area contributed by atoms with E-state index in [2.05, 4.69) is 0 Å². The van der Waals surface area contributed by atoms with Gasteiger partial charge in [0.1, 0.15) is 34.7 Å². The van der Waals surface area contributed by atoms with Gasteiger partial charge in [-0.3, -0.25) is 4.79 Å². The van der Waals surface area contributed by atoms with Crippen LogP contribution in [0.1, 0.15) is 55.9 Å². The van der Waals surface area contributed by atoms with Gasteiger partial charge in [-0.2, -0.15) is 4.31 Å². The Labute approximate surface area is 217 Å². The fraction of sp³-hybridized carbons (Fsp3) is 0.500. The van der Waals surface area contributed by atoms with E-state index < -0.39 is 39.4 Å². The summed E-state index contributed by atoms with van der Waals surface area (Å²) in [5.74, 6) is -2.08. The molecule has 1 heterocycles. The minimum atomic E-state index is -4.33. The number of esters is 1. The molecule has 0 spiro atoms. The van der Waals surface area contributed by atoms with Crippen molar-refractivity contribution in [1.29, 1.82) is 0 Å². The molecule has 3 rings (SSSR count). The van der Waals surface area contributed by atoms with Gasteiger partial charge in [-0.25, -0.2) is 12.8 Å². The van der Waals surface area contributed by atoms with Crippen LogP contribution in [-0.4, -0.2) is 50.6 Å². The maximum absolute atomic E-state index is 15.2. The van der Waals surface area contributed by atoms with Crippen LogP contribution in [-0.2, 0) is 30.9 Å². The van der Waals surface area contributed by atoms with Crippen LogP contribution in [0.2, 0.25) is 5.02 Å². The van der Waals surface area contributed by atoms with E-state index in [1.165, 1.54) is 25.3 Å². The second-order valence-corrected chi connectivity index (χ2v) is 12.2. The van der Waals surface area contributed by atoms with Crippen molar-refractivity contribution in [3.05, 3.63) is 57.4 Å². The number of halogens is 2. The molecule has 1 aliphatic rings. The molecule has 0 aliphatic carbocycles. The van der Waals surface area contributed by atoms with Gasteiger partial charge in [-0.1, -0.05) is 24.6 Å². The van der Waals surface area contributed by atoms with Gasteiger partial charge >= 0.3 is 5.97 Å². The van der Waals surface area contributed by atoms with Crippen LogP contribution in [0.15, 0.2) is 29.2 Å². The smallest absolute Gasteiger partial charge is 0.325 e. The first-order chi connectivity index (χ1) is 16.7. The van der Waals surface area contributed by atoms with E-state index >= 15 is 4.39 Å². The molecular formula is C26H33ClFNO6S. The van der Waals surface area contributed by atoms with E-state index in [1.807, 2.05) is 6.92 Å². The number of nitrogens with zero attached hydrogens (tertiary/aromatic N) is 1. The van der Waals surface area contributed by atoms with Gasteiger partial charge in [-0.05, 0) is 63.4 Å². The maximum atomic E-state index is 15.2. The minimum Gasteiger partial charge on any atom is -0.491 e. The first-order valence-corrected chi connectivity index (χ1v) is 13.4. The summed E-state index contributed by atoms with van der Waals surface area (Å²) in [5.41, 5.74) is 1.13. The first-order valence-electron chi connectivity index (χ1n) is 11.6. The van der Waals surface area contributed by atoms with E-state index in [0.717, 1.165) is 9.87 Å². The van der Waals surface area contributed by atoms with E-state index in [1.54, 1.807) is 40.7 Å². The van der Waals surface area contributed by atoms with Crippen LogP contribution in [0.5, 0.6) is 5.75 Å². The monoisotopic (exact) mass is 541 g/mol. The van der Waals surface area contributed by atoms with Crippen molar-refractivity contribution in [3.63, 3.8) is 0 Å². The molecule has 2 atom stereocenters. The second kappa shape index (κ2) is 10.7. The Morgan fingerprint density at radius 2 is 1.92 bits per heavy atom. The van der Waals surface area contributed by atoms with Gasteiger partial charge in [0.15, 0.2) is 0 Å². The van der Waals surface area contributed by atoms with Gasteiger partial charge in [-0.15, -0.1) is 0 Å². The van der Waals surface area contributed by atoms with Crippen molar-refractivity contribution in [3.8, 4) is 5.75 Å². The molecule has 0 amide bonds. The molecule has 0 aromatic heterocycles. The molecule has 7 nitrogen and oxygen atoms in total. The Morgan fingerprint density at radius 3 is 2.53 bits per heavy atom. The Balaban J connectivity index is 2.25. The number of hydrogen-bond acceptors (Lipinski definition) is 6. The Bertz CT molecular complexity index is 1260. The lowest BCUT2D eigenvalue weighted by Gasteiger charge is -2.35. The quantitative estimate of drug-likeness (QED) is 0.471. The van der Waals surface area contributed by atoms with Crippen molar-refractivity contribution in [2.24, 2.45) is 0 Å². The third-order valence-electron chi connectivity index (χ3n) is 6.15. The zero-order valence-electron chi connectivity index (χ0n) is 21.6. The lowest BCUT2D eigenvalue weighted by Crippen LogP contribution is -2.51. The number of hydrogen-bond donors (Lipinski definition) is 0. The number of carbonyl (C=O) groups is 1. The highest BCUT2D eigenvalue weighted by Gasteiger charge is 2.45. The molecule has 198 valence electrons. The summed E-state index contributed by atoms with van der Waals surface area (Å²) < 4.78 is 61.2. The van der Waals surface area contributed by atoms with Crippen LogP contribution in [0.25, 0.3) is 0 Å². The zero-order valence-corrected chi connectivity index (χ0v) is 23.2. The predicted molar refractivity (Wildman–Crippen MR) is 135 cm³/mol. The Morgan fingerprint density at radius 1 is 1.25 bits per heavy atom. The minimum absolute atomic E-state index is 0.0414. The van der Waals surface area contributed by atoms with Crippen molar-refractivity contribution in [2.45, 2.75) is 70.6 Å². The number of benzene rings is 2. The number of aryl methyl sites for hydroxylation is 1. The van der Waals surface area contributed by atoms with Gasteiger partial charge in [0, 0.05) is 36.2 Å². The molecule has 36 heavy (non-hydrogen) atoms. The molecule has 1 unspecified atom stereocenters. The summed E-state index contributed by atoms with van der Waals surface area (Å²) in [6, 6.07) is 4.54. The highest BCUT2D eigenvalue weighted by atomic mass is 35.5. The summed E-state index contributed by atoms with van der Waals surface area (Å²) in [5, 5.41) is 0.291. The average molecular weight is 542 g/mol. The van der Waals surface area contributed by atoms with E-state index in [0.29, 0.717) is 16.1 Å². The highest BCUT2D eigenvalue weighted by molar-refractivity contribution is 7.89.